The molecule has 19 heavy (non-hydrogen) atoms. The van der Waals surface area contributed by atoms with Gasteiger partial charge in [0.1, 0.15) is 17.3 Å². The Bertz CT molecular complexity index is 541. The molecule has 0 aromatic carbocycles. The first-order valence-electron chi connectivity index (χ1n) is 6.12. The monoisotopic (exact) mass is 304 g/mol. The molecule has 0 amide bonds. The quantitative estimate of drug-likeness (QED) is 0.864. The second kappa shape index (κ2) is 5.60. The van der Waals surface area contributed by atoms with Crippen molar-refractivity contribution in [3.8, 4) is 0 Å². The standard InChI is InChI=1S/C11H17ClN4O2S/c1-8-3-9(2)6-16(5-8)19(17,18)15-11-4-10(12)13-7-14-11/h4,7-9H,3,5-6H2,1-2H3,(H,13,14,15). The van der Waals surface area contributed by atoms with Crippen LogP contribution in [-0.4, -0.2) is 35.8 Å². The molecule has 1 aliphatic heterocycles. The van der Waals surface area contributed by atoms with E-state index in [9.17, 15) is 8.42 Å². The summed E-state index contributed by atoms with van der Waals surface area (Å²) in [4.78, 5) is 7.56. The van der Waals surface area contributed by atoms with Gasteiger partial charge in [0.25, 0.3) is 0 Å². The van der Waals surface area contributed by atoms with Crippen molar-refractivity contribution in [1.29, 1.82) is 0 Å². The lowest BCUT2D eigenvalue weighted by Gasteiger charge is -2.33. The number of rotatable bonds is 3. The first-order chi connectivity index (χ1) is 8.87. The zero-order valence-corrected chi connectivity index (χ0v) is 12.4. The summed E-state index contributed by atoms with van der Waals surface area (Å²) in [5.74, 6) is 0.898. The van der Waals surface area contributed by atoms with Crippen molar-refractivity contribution in [2.24, 2.45) is 11.8 Å². The van der Waals surface area contributed by atoms with E-state index >= 15 is 0 Å². The number of aromatic nitrogens is 2. The van der Waals surface area contributed by atoms with Crippen molar-refractivity contribution in [2.45, 2.75) is 20.3 Å². The van der Waals surface area contributed by atoms with Crippen LogP contribution in [0.2, 0.25) is 5.15 Å². The lowest BCUT2D eigenvalue weighted by Crippen LogP contribution is -2.45. The van der Waals surface area contributed by atoms with E-state index in [4.69, 9.17) is 11.6 Å². The molecule has 1 saturated heterocycles. The van der Waals surface area contributed by atoms with Crippen LogP contribution in [0.3, 0.4) is 0 Å². The van der Waals surface area contributed by atoms with Crippen molar-refractivity contribution in [3.05, 3.63) is 17.5 Å². The van der Waals surface area contributed by atoms with Crippen LogP contribution in [0.5, 0.6) is 0 Å². The van der Waals surface area contributed by atoms with Gasteiger partial charge < -0.3 is 0 Å². The van der Waals surface area contributed by atoms with Gasteiger partial charge in [0, 0.05) is 19.2 Å². The highest BCUT2D eigenvalue weighted by molar-refractivity contribution is 7.90. The Hall–Kier alpha value is -0.920. The minimum atomic E-state index is -3.58. The van der Waals surface area contributed by atoms with Crippen LogP contribution in [0.4, 0.5) is 5.82 Å². The molecule has 2 atom stereocenters. The molecule has 0 aliphatic carbocycles. The zero-order valence-electron chi connectivity index (χ0n) is 10.9. The maximum absolute atomic E-state index is 12.3. The van der Waals surface area contributed by atoms with E-state index < -0.39 is 10.2 Å². The molecule has 2 rings (SSSR count). The van der Waals surface area contributed by atoms with Crippen LogP contribution in [0.15, 0.2) is 12.4 Å². The molecule has 1 aromatic heterocycles. The van der Waals surface area contributed by atoms with Crippen LogP contribution in [-0.2, 0) is 10.2 Å². The van der Waals surface area contributed by atoms with Gasteiger partial charge in [-0.25, -0.2) is 9.97 Å². The predicted octanol–water partition coefficient (Wildman–Crippen LogP) is 1.76. The van der Waals surface area contributed by atoms with Crippen LogP contribution in [0.1, 0.15) is 20.3 Å². The summed E-state index contributed by atoms with van der Waals surface area (Å²) in [5, 5.41) is 0.202. The van der Waals surface area contributed by atoms with E-state index in [1.807, 2.05) is 0 Å². The molecular weight excluding hydrogens is 288 g/mol. The topological polar surface area (TPSA) is 75.2 Å². The predicted molar refractivity (Wildman–Crippen MR) is 74.1 cm³/mol. The summed E-state index contributed by atoms with van der Waals surface area (Å²) in [7, 11) is -3.58. The van der Waals surface area contributed by atoms with E-state index in [2.05, 4.69) is 28.5 Å². The Morgan fingerprint density at radius 1 is 1.32 bits per heavy atom. The fourth-order valence-electron chi connectivity index (χ4n) is 2.39. The van der Waals surface area contributed by atoms with Gasteiger partial charge in [-0.3, -0.25) is 4.72 Å². The minimum absolute atomic E-state index is 0.186. The number of hydrogen-bond donors (Lipinski definition) is 1. The third-order valence-corrected chi connectivity index (χ3v) is 4.69. The van der Waals surface area contributed by atoms with Crippen molar-refractivity contribution >= 4 is 27.6 Å². The molecule has 0 radical (unpaired) electrons. The summed E-state index contributed by atoms with van der Waals surface area (Å²) in [5.41, 5.74) is 0. The molecule has 0 spiro atoms. The highest BCUT2D eigenvalue weighted by atomic mass is 35.5. The lowest BCUT2D eigenvalue weighted by atomic mass is 9.94. The number of anilines is 1. The highest BCUT2D eigenvalue weighted by Crippen LogP contribution is 2.24. The van der Waals surface area contributed by atoms with Gasteiger partial charge in [-0.2, -0.15) is 12.7 Å². The SMILES string of the molecule is CC1CC(C)CN(S(=O)(=O)Nc2cc(Cl)ncn2)C1. The summed E-state index contributed by atoms with van der Waals surface area (Å²) >= 11 is 5.71. The molecule has 1 N–H and O–H groups in total. The fraction of sp³-hybridized carbons (Fsp3) is 0.636. The van der Waals surface area contributed by atoms with E-state index in [1.54, 1.807) is 0 Å². The molecule has 2 unspecified atom stereocenters. The first kappa shape index (κ1) is 14.5. The van der Waals surface area contributed by atoms with Gasteiger partial charge in [-0.15, -0.1) is 0 Å². The van der Waals surface area contributed by atoms with Crippen LogP contribution < -0.4 is 4.72 Å². The van der Waals surface area contributed by atoms with Crippen LogP contribution in [0, 0.1) is 11.8 Å². The smallest absolute Gasteiger partial charge is 0.254 e. The van der Waals surface area contributed by atoms with Gasteiger partial charge in [0.2, 0.25) is 0 Å². The Balaban J connectivity index is 2.14. The van der Waals surface area contributed by atoms with Gasteiger partial charge in [0.05, 0.1) is 0 Å². The first-order valence-corrected chi connectivity index (χ1v) is 7.94. The maximum Gasteiger partial charge on any atom is 0.302 e. The number of nitrogens with zero attached hydrogens (tertiary/aromatic N) is 3. The second-order valence-electron chi connectivity index (χ2n) is 5.10. The molecule has 1 aliphatic rings. The van der Waals surface area contributed by atoms with Crippen LogP contribution in [0.25, 0.3) is 0 Å². The van der Waals surface area contributed by atoms with E-state index in [0.29, 0.717) is 24.9 Å². The summed E-state index contributed by atoms with van der Waals surface area (Å²) < 4.78 is 28.4. The number of piperidine rings is 1. The molecule has 106 valence electrons. The Morgan fingerprint density at radius 2 is 1.95 bits per heavy atom. The Labute approximate surface area is 118 Å². The fourth-order valence-corrected chi connectivity index (χ4v) is 3.94. The van der Waals surface area contributed by atoms with Crippen molar-refractivity contribution in [2.75, 3.05) is 17.8 Å². The second-order valence-corrected chi connectivity index (χ2v) is 7.15. The number of nitrogens with one attached hydrogen (secondary N) is 1. The van der Waals surface area contributed by atoms with Crippen molar-refractivity contribution < 1.29 is 8.42 Å². The molecule has 0 saturated carbocycles. The third kappa shape index (κ3) is 3.77. The van der Waals surface area contributed by atoms with Crippen LogP contribution >= 0.6 is 11.6 Å². The molecule has 8 heteroatoms. The molecule has 1 aromatic rings. The average molecular weight is 305 g/mol. The largest absolute Gasteiger partial charge is 0.302 e. The van der Waals surface area contributed by atoms with Gasteiger partial charge >= 0.3 is 10.2 Å². The van der Waals surface area contributed by atoms with E-state index in [-0.39, 0.29) is 11.0 Å². The zero-order chi connectivity index (χ0) is 14.0. The molecule has 6 nitrogen and oxygen atoms in total. The summed E-state index contributed by atoms with van der Waals surface area (Å²) in [6.45, 7) is 5.16. The Morgan fingerprint density at radius 3 is 2.53 bits per heavy atom. The number of halogens is 1. The van der Waals surface area contributed by atoms with E-state index in [1.165, 1.54) is 16.7 Å². The molecule has 0 bridgehead atoms. The van der Waals surface area contributed by atoms with Gasteiger partial charge in [-0.1, -0.05) is 25.4 Å². The molecular formula is C11H17ClN4O2S. The van der Waals surface area contributed by atoms with Gasteiger partial charge in [0.15, 0.2) is 0 Å². The maximum atomic E-state index is 12.3. The van der Waals surface area contributed by atoms with Crippen molar-refractivity contribution in [3.63, 3.8) is 0 Å². The summed E-state index contributed by atoms with van der Waals surface area (Å²) in [6.07, 6.45) is 2.27. The van der Waals surface area contributed by atoms with Crippen molar-refractivity contribution in [1.82, 2.24) is 14.3 Å². The van der Waals surface area contributed by atoms with E-state index in [0.717, 1.165) is 6.42 Å². The third-order valence-electron chi connectivity index (χ3n) is 3.04. The lowest BCUT2D eigenvalue weighted by molar-refractivity contribution is 0.223. The Kier molecular flexibility index (Phi) is 4.27. The number of hydrogen-bond acceptors (Lipinski definition) is 4. The summed E-state index contributed by atoms with van der Waals surface area (Å²) in [6, 6.07) is 1.38. The molecule has 1 fully saturated rings. The highest BCUT2D eigenvalue weighted by Gasteiger charge is 2.30. The normalized spacial score (nSPS) is 25.2. The molecule has 2 heterocycles. The average Bonchev–Trinajstić information content (AvgIpc) is 2.26. The van der Waals surface area contributed by atoms with Gasteiger partial charge in [-0.05, 0) is 18.3 Å². The minimum Gasteiger partial charge on any atom is -0.254 e.